The number of hydrogen-bond donors (Lipinski definition) is 1. The highest BCUT2D eigenvalue weighted by Crippen LogP contribution is 2.24. The summed E-state index contributed by atoms with van der Waals surface area (Å²) in [5.41, 5.74) is 0.812. The first kappa shape index (κ1) is 21.1. The van der Waals surface area contributed by atoms with Gasteiger partial charge in [0.1, 0.15) is 18.0 Å². The molecule has 9 heteroatoms. The van der Waals surface area contributed by atoms with Crippen LogP contribution in [-0.4, -0.2) is 46.8 Å². The van der Waals surface area contributed by atoms with Gasteiger partial charge < -0.3 is 15.0 Å². The fourth-order valence-corrected chi connectivity index (χ4v) is 3.15. The SMILES string of the molecule is CNC(C(=O)N1CCC(Oc2ccc(F)cc2F)CC1)c1cnn(C)c1.Cl. The molecule has 1 aromatic heterocycles. The summed E-state index contributed by atoms with van der Waals surface area (Å²) in [5, 5.41) is 7.14. The maximum absolute atomic E-state index is 13.7. The number of amides is 1. The van der Waals surface area contributed by atoms with Crippen LogP contribution in [-0.2, 0) is 11.8 Å². The Labute approximate surface area is 162 Å². The van der Waals surface area contributed by atoms with Crippen molar-refractivity contribution in [2.45, 2.75) is 25.0 Å². The highest BCUT2D eigenvalue weighted by Gasteiger charge is 2.30. The Hall–Kier alpha value is -2.19. The number of nitrogens with zero attached hydrogens (tertiary/aromatic N) is 3. The molecule has 0 spiro atoms. The zero-order valence-electron chi connectivity index (χ0n) is 15.2. The third-order valence-corrected chi connectivity index (χ3v) is 4.54. The van der Waals surface area contributed by atoms with Crippen LogP contribution < -0.4 is 10.1 Å². The lowest BCUT2D eigenvalue weighted by atomic mass is 10.0. The monoisotopic (exact) mass is 400 g/mol. The maximum atomic E-state index is 13.7. The first-order chi connectivity index (χ1) is 12.5. The zero-order chi connectivity index (χ0) is 18.7. The van der Waals surface area contributed by atoms with Crippen LogP contribution in [0.1, 0.15) is 24.4 Å². The molecule has 6 nitrogen and oxygen atoms in total. The molecule has 1 aromatic carbocycles. The molecule has 1 aliphatic heterocycles. The number of likely N-dealkylation sites (N-methyl/N-ethyl adjacent to an activating group) is 1. The summed E-state index contributed by atoms with van der Waals surface area (Å²) in [5.74, 6) is -1.33. The lowest BCUT2D eigenvalue weighted by molar-refractivity contribution is -0.135. The second-order valence-electron chi connectivity index (χ2n) is 6.39. The molecule has 27 heavy (non-hydrogen) atoms. The zero-order valence-corrected chi connectivity index (χ0v) is 16.0. The van der Waals surface area contributed by atoms with E-state index >= 15 is 0 Å². The van der Waals surface area contributed by atoms with E-state index in [1.807, 2.05) is 6.20 Å². The number of aryl methyl sites for hydroxylation is 1. The van der Waals surface area contributed by atoms with Crippen LogP contribution in [0.4, 0.5) is 8.78 Å². The van der Waals surface area contributed by atoms with Crippen molar-refractivity contribution in [3.8, 4) is 5.75 Å². The molecule has 1 aliphatic rings. The van der Waals surface area contributed by atoms with Gasteiger partial charge in [-0.15, -0.1) is 12.4 Å². The van der Waals surface area contributed by atoms with Crippen LogP contribution >= 0.6 is 12.4 Å². The second-order valence-corrected chi connectivity index (χ2v) is 6.39. The quantitative estimate of drug-likeness (QED) is 0.837. The standard InChI is InChI=1S/C18H22F2N4O2.ClH/c1-21-17(12-10-22-23(2)11-12)18(25)24-7-5-14(6-8-24)26-16-4-3-13(19)9-15(16)20;/h3-4,9-11,14,17,21H,5-8H2,1-2H3;1H. The number of carbonyl (C=O) groups excluding carboxylic acids is 1. The molecule has 148 valence electrons. The van der Waals surface area contributed by atoms with Crippen molar-refractivity contribution >= 4 is 18.3 Å². The third kappa shape index (κ3) is 4.95. The summed E-state index contributed by atoms with van der Waals surface area (Å²) in [7, 11) is 3.54. The number of hydrogen-bond acceptors (Lipinski definition) is 4. The molecule has 1 atom stereocenters. The van der Waals surface area contributed by atoms with Crippen molar-refractivity contribution in [2.24, 2.45) is 7.05 Å². The van der Waals surface area contributed by atoms with Gasteiger partial charge >= 0.3 is 0 Å². The van der Waals surface area contributed by atoms with Gasteiger partial charge in [-0.05, 0) is 19.2 Å². The number of rotatable bonds is 5. The van der Waals surface area contributed by atoms with E-state index in [1.165, 1.54) is 12.1 Å². The Balaban J connectivity index is 0.00000261. The molecule has 1 N–H and O–H groups in total. The van der Waals surface area contributed by atoms with Crippen molar-refractivity contribution < 1.29 is 18.3 Å². The number of ether oxygens (including phenoxy) is 1. The Morgan fingerprint density at radius 3 is 2.59 bits per heavy atom. The third-order valence-electron chi connectivity index (χ3n) is 4.54. The van der Waals surface area contributed by atoms with Crippen molar-refractivity contribution in [1.29, 1.82) is 0 Å². The number of carbonyl (C=O) groups is 1. The lowest BCUT2D eigenvalue weighted by Crippen LogP contribution is -2.46. The van der Waals surface area contributed by atoms with E-state index in [1.54, 1.807) is 29.9 Å². The molecular weight excluding hydrogens is 378 g/mol. The van der Waals surface area contributed by atoms with Gasteiger partial charge in [-0.1, -0.05) is 0 Å². The van der Waals surface area contributed by atoms with Crippen molar-refractivity contribution in [2.75, 3.05) is 20.1 Å². The summed E-state index contributed by atoms with van der Waals surface area (Å²) in [6.45, 7) is 1.04. The number of aromatic nitrogens is 2. The van der Waals surface area contributed by atoms with Crippen molar-refractivity contribution in [3.05, 3.63) is 47.8 Å². The molecular formula is C18H23ClF2N4O2. The van der Waals surface area contributed by atoms with Gasteiger partial charge in [-0.25, -0.2) is 8.78 Å². The maximum Gasteiger partial charge on any atom is 0.244 e. The van der Waals surface area contributed by atoms with E-state index in [0.717, 1.165) is 11.6 Å². The molecule has 1 amide bonds. The van der Waals surface area contributed by atoms with Crippen molar-refractivity contribution in [3.63, 3.8) is 0 Å². The van der Waals surface area contributed by atoms with Gasteiger partial charge in [0.15, 0.2) is 11.6 Å². The molecule has 0 bridgehead atoms. The number of halogens is 3. The summed E-state index contributed by atoms with van der Waals surface area (Å²) in [6.07, 6.45) is 4.46. The molecule has 0 saturated carbocycles. The summed E-state index contributed by atoms with van der Waals surface area (Å²) in [4.78, 5) is 14.6. The molecule has 2 aromatic rings. The average Bonchev–Trinajstić information content (AvgIpc) is 3.04. The highest BCUT2D eigenvalue weighted by atomic mass is 35.5. The van der Waals surface area contributed by atoms with E-state index < -0.39 is 17.7 Å². The summed E-state index contributed by atoms with van der Waals surface area (Å²) >= 11 is 0. The van der Waals surface area contributed by atoms with Crippen LogP contribution in [0, 0.1) is 11.6 Å². The number of likely N-dealkylation sites (tertiary alicyclic amines) is 1. The Bertz CT molecular complexity index is 778. The fourth-order valence-electron chi connectivity index (χ4n) is 3.15. The minimum absolute atomic E-state index is 0. The second kappa shape index (κ2) is 9.14. The summed E-state index contributed by atoms with van der Waals surface area (Å²) < 4.78 is 34.0. The van der Waals surface area contributed by atoms with Crippen LogP contribution in [0.15, 0.2) is 30.6 Å². The van der Waals surface area contributed by atoms with Gasteiger partial charge in [0.2, 0.25) is 5.91 Å². The largest absolute Gasteiger partial charge is 0.487 e. The molecule has 1 fully saturated rings. The predicted molar refractivity (Wildman–Crippen MR) is 98.8 cm³/mol. The van der Waals surface area contributed by atoms with E-state index in [-0.39, 0.29) is 30.2 Å². The molecule has 0 radical (unpaired) electrons. The Morgan fingerprint density at radius 2 is 2.04 bits per heavy atom. The topological polar surface area (TPSA) is 59.4 Å². The Morgan fingerprint density at radius 1 is 1.33 bits per heavy atom. The summed E-state index contributed by atoms with van der Waals surface area (Å²) in [6, 6.07) is 2.82. The van der Waals surface area contributed by atoms with E-state index in [9.17, 15) is 13.6 Å². The van der Waals surface area contributed by atoms with Crippen LogP contribution in [0.2, 0.25) is 0 Å². The average molecular weight is 401 g/mol. The smallest absolute Gasteiger partial charge is 0.244 e. The van der Waals surface area contributed by atoms with E-state index in [4.69, 9.17) is 4.74 Å². The molecule has 2 heterocycles. The van der Waals surface area contributed by atoms with E-state index in [0.29, 0.717) is 25.9 Å². The molecule has 3 rings (SSSR count). The minimum Gasteiger partial charge on any atom is -0.487 e. The normalized spacial score (nSPS) is 15.9. The van der Waals surface area contributed by atoms with Gasteiger partial charge in [-0.2, -0.15) is 5.10 Å². The minimum atomic E-state index is -0.713. The molecule has 1 unspecified atom stereocenters. The highest BCUT2D eigenvalue weighted by molar-refractivity contribution is 5.85. The lowest BCUT2D eigenvalue weighted by Gasteiger charge is -2.34. The molecule has 1 saturated heterocycles. The number of nitrogens with one attached hydrogen (secondary N) is 1. The van der Waals surface area contributed by atoms with Gasteiger partial charge in [0, 0.05) is 50.8 Å². The van der Waals surface area contributed by atoms with Crippen LogP contribution in [0.3, 0.4) is 0 Å². The van der Waals surface area contributed by atoms with Gasteiger partial charge in [-0.3, -0.25) is 9.48 Å². The first-order valence-electron chi connectivity index (χ1n) is 8.54. The number of piperidine rings is 1. The van der Waals surface area contributed by atoms with E-state index in [2.05, 4.69) is 10.4 Å². The van der Waals surface area contributed by atoms with Gasteiger partial charge in [0.05, 0.1) is 6.20 Å². The Kier molecular flexibility index (Phi) is 7.15. The van der Waals surface area contributed by atoms with Crippen LogP contribution in [0.25, 0.3) is 0 Å². The fraction of sp³-hybridized carbons (Fsp3) is 0.444. The van der Waals surface area contributed by atoms with Gasteiger partial charge in [0.25, 0.3) is 0 Å². The first-order valence-corrected chi connectivity index (χ1v) is 8.54. The number of benzene rings is 1. The molecule has 0 aliphatic carbocycles. The van der Waals surface area contributed by atoms with Crippen LogP contribution in [0.5, 0.6) is 5.75 Å². The predicted octanol–water partition coefficient (Wildman–Crippen LogP) is 2.45. The van der Waals surface area contributed by atoms with Crippen molar-refractivity contribution in [1.82, 2.24) is 20.0 Å².